The van der Waals surface area contributed by atoms with Crippen molar-refractivity contribution < 1.29 is 9.72 Å². The second-order valence-corrected chi connectivity index (χ2v) is 4.63. The third kappa shape index (κ3) is 3.05. The summed E-state index contributed by atoms with van der Waals surface area (Å²) < 4.78 is 0. The molecule has 1 aromatic rings. The quantitative estimate of drug-likeness (QED) is 0.629. The average molecular weight is 278 g/mol. The van der Waals surface area contributed by atoms with E-state index in [0.717, 1.165) is 32.6 Å². The molecular weight excluding hydrogens is 260 g/mol. The number of carbonyl (C=O) groups excluding carboxylic acids is 1. The second kappa shape index (κ2) is 6.33. The molecule has 0 saturated carbocycles. The Morgan fingerprint density at radius 1 is 1.40 bits per heavy atom. The number of nitrogens with one attached hydrogen (secondary N) is 2. The van der Waals surface area contributed by atoms with E-state index in [1.54, 1.807) is 12.1 Å². The SMILES string of the molecule is CNC(=O)c1ccc(N2CCCNCC2)c([N+](=O)[O-])c1. The summed E-state index contributed by atoms with van der Waals surface area (Å²) in [7, 11) is 1.50. The fourth-order valence-electron chi connectivity index (χ4n) is 2.31. The maximum atomic E-state index is 11.6. The molecule has 1 fully saturated rings. The molecule has 108 valence electrons. The van der Waals surface area contributed by atoms with E-state index in [4.69, 9.17) is 0 Å². The summed E-state index contributed by atoms with van der Waals surface area (Å²) in [5.74, 6) is -0.322. The third-order valence-corrected chi connectivity index (χ3v) is 3.34. The number of nitro benzene ring substituents is 1. The highest BCUT2D eigenvalue weighted by atomic mass is 16.6. The van der Waals surface area contributed by atoms with Crippen molar-refractivity contribution >= 4 is 17.3 Å². The molecule has 1 saturated heterocycles. The van der Waals surface area contributed by atoms with Crippen molar-refractivity contribution in [3.63, 3.8) is 0 Å². The molecule has 7 heteroatoms. The Kier molecular flexibility index (Phi) is 4.52. The van der Waals surface area contributed by atoms with Crippen LogP contribution in [0.5, 0.6) is 0 Å². The first-order valence-electron chi connectivity index (χ1n) is 6.59. The molecule has 1 aromatic carbocycles. The van der Waals surface area contributed by atoms with E-state index in [2.05, 4.69) is 10.6 Å². The Bertz CT molecular complexity index is 510. The highest BCUT2D eigenvalue weighted by Gasteiger charge is 2.22. The van der Waals surface area contributed by atoms with Crippen LogP contribution in [0.3, 0.4) is 0 Å². The molecule has 0 unspecified atom stereocenters. The summed E-state index contributed by atoms with van der Waals surface area (Å²) in [5, 5.41) is 17.0. The van der Waals surface area contributed by atoms with Crippen LogP contribution >= 0.6 is 0 Å². The van der Waals surface area contributed by atoms with E-state index >= 15 is 0 Å². The van der Waals surface area contributed by atoms with Gasteiger partial charge in [0, 0.05) is 38.3 Å². The summed E-state index contributed by atoms with van der Waals surface area (Å²) in [5.41, 5.74) is 0.857. The van der Waals surface area contributed by atoms with E-state index in [0.29, 0.717) is 11.3 Å². The van der Waals surface area contributed by atoms with Gasteiger partial charge >= 0.3 is 0 Å². The standard InChI is InChI=1S/C13H18N4O3/c1-14-13(18)10-3-4-11(12(9-10)17(19)20)16-7-2-5-15-6-8-16/h3-4,9,15H,2,5-8H2,1H3,(H,14,18). The highest BCUT2D eigenvalue weighted by Crippen LogP contribution is 2.29. The van der Waals surface area contributed by atoms with Crippen molar-refractivity contribution in [1.29, 1.82) is 0 Å². The lowest BCUT2D eigenvalue weighted by Gasteiger charge is -2.22. The van der Waals surface area contributed by atoms with Crippen LogP contribution < -0.4 is 15.5 Å². The monoisotopic (exact) mass is 278 g/mol. The van der Waals surface area contributed by atoms with Crippen molar-refractivity contribution in [3.8, 4) is 0 Å². The molecule has 1 amide bonds. The lowest BCUT2D eigenvalue weighted by molar-refractivity contribution is -0.384. The molecule has 0 bridgehead atoms. The summed E-state index contributed by atoms with van der Waals surface area (Å²) in [6, 6.07) is 4.62. The van der Waals surface area contributed by atoms with Crippen LogP contribution in [0.1, 0.15) is 16.8 Å². The number of benzene rings is 1. The van der Waals surface area contributed by atoms with Gasteiger partial charge in [-0.2, -0.15) is 0 Å². The van der Waals surface area contributed by atoms with Gasteiger partial charge in [0.25, 0.3) is 11.6 Å². The molecule has 20 heavy (non-hydrogen) atoms. The zero-order valence-corrected chi connectivity index (χ0v) is 11.4. The Morgan fingerprint density at radius 3 is 2.90 bits per heavy atom. The topological polar surface area (TPSA) is 87.5 Å². The van der Waals surface area contributed by atoms with Crippen LogP contribution in [-0.4, -0.2) is 44.1 Å². The molecule has 2 rings (SSSR count). The zero-order valence-electron chi connectivity index (χ0n) is 11.4. The van der Waals surface area contributed by atoms with Crippen LogP contribution in [0.25, 0.3) is 0 Å². The van der Waals surface area contributed by atoms with Crippen molar-refractivity contribution in [3.05, 3.63) is 33.9 Å². The molecule has 1 heterocycles. The normalized spacial score (nSPS) is 15.6. The Labute approximate surface area is 117 Å². The van der Waals surface area contributed by atoms with Gasteiger partial charge in [-0.25, -0.2) is 0 Å². The number of nitrogens with zero attached hydrogens (tertiary/aromatic N) is 2. The van der Waals surface area contributed by atoms with E-state index in [1.807, 2.05) is 4.90 Å². The van der Waals surface area contributed by atoms with Crippen LogP contribution in [0, 0.1) is 10.1 Å². The summed E-state index contributed by atoms with van der Waals surface area (Å²) in [6.07, 6.45) is 0.939. The largest absolute Gasteiger partial charge is 0.365 e. The number of hydrogen-bond donors (Lipinski definition) is 2. The molecule has 1 aliphatic rings. The van der Waals surface area contributed by atoms with Crippen molar-refractivity contribution in [2.45, 2.75) is 6.42 Å². The van der Waals surface area contributed by atoms with Gasteiger partial charge in [-0.3, -0.25) is 14.9 Å². The molecular formula is C13H18N4O3. The predicted octanol–water partition coefficient (Wildman–Crippen LogP) is 0.754. The maximum absolute atomic E-state index is 11.6. The third-order valence-electron chi connectivity index (χ3n) is 3.34. The van der Waals surface area contributed by atoms with Gasteiger partial charge in [0.1, 0.15) is 5.69 Å². The van der Waals surface area contributed by atoms with Gasteiger partial charge < -0.3 is 15.5 Å². The number of carbonyl (C=O) groups is 1. The summed E-state index contributed by atoms with van der Waals surface area (Å²) in [6.45, 7) is 3.21. The molecule has 0 radical (unpaired) electrons. The number of rotatable bonds is 3. The first-order chi connectivity index (χ1) is 9.63. The molecule has 0 aliphatic carbocycles. The van der Waals surface area contributed by atoms with Gasteiger partial charge in [0.2, 0.25) is 0 Å². The highest BCUT2D eigenvalue weighted by molar-refractivity contribution is 5.95. The first kappa shape index (κ1) is 14.3. The van der Waals surface area contributed by atoms with E-state index < -0.39 is 4.92 Å². The Hall–Kier alpha value is -2.15. The molecule has 7 nitrogen and oxygen atoms in total. The first-order valence-corrected chi connectivity index (χ1v) is 6.59. The minimum absolute atomic E-state index is 0.0204. The molecule has 0 aromatic heterocycles. The van der Waals surface area contributed by atoms with Gasteiger partial charge in [0.15, 0.2) is 0 Å². The Morgan fingerprint density at radius 2 is 2.20 bits per heavy atom. The number of nitro groups is 1. The minimum Gasteiger partial charge on any atom is -0.365 e. The summed E-state index contributed by atoms with van der Waals surface area (Å²) >= 11 is 0. The van der Waals surface area contributed by atoms with E-state index in [1.165, 1.54) is 13.1 Å². The lowest BCUT2D eigenvalue weighted by Crippen LogP contribution is -2.28. The van der Waals surface area contributed by atoms with Gasteiger partial charge in [0.05, 0.1) is 4.92 Å². The molecule has 0 atom stereocenters. The molecule has 2 N–H and O–H groups in total. The smallest absolute Gasteiger partial charge is 0.293 e. The number of hydrogen-bond acceptors (Lipinski definition) is 5. The van der Waals surface area contributed by atoms with Crippen molar-refractivity contribution in [2.75, 3.05) is 38.1 Å². The van der Waals surface area contributed by atoms with Crippen LogP contribution in [0.4, 0.5) is 11.4 Å². The molecule has 0 spiro atoms. The fraction of sp³-hybridized carbons (Fsp3) is 0.462. The van der Waals surface area contributed by atoms with E-state index in [-0.39, 0.29) is 11.6 Å². The van der Waals surface area contributed by atoms with Crippen LogP contribution in [0.2, 0.25) is 0 Å². The minimum atomic E-state index is -0.430. The number of anilines is 1. The summed E-state index contributed by atoms with van der Waals surface area (Å²) in [4.78, 5) is 24.4. The number of amides is 1. The van der Waals surface area contributed by atoms with Gasteiger partial charge in [-0.1, -0.05) is 0 Å². The predicted molar refractivity (Wildman–Crippen MR) is 76.2 cm³/mol. The van der Waals surface area contributed by atoms with E-state index in [9.17, 15) is 14.9 Å². The zero-order chi connectivity index (χ0) is 14.5. The lowest BCUT2D eigenvalue weighted by atomic mass is 10.1. The maximum Gasteiger partial charge on any atom is 0.293 e. The van der Waals surface area contributed by atoms with Crippen molar-refractivity contribution in [1.82, 2.24) is 10.6 Å². The fourth-order valence-corrected chi connectivity index (χ4v) is 2.31. The van der Waals surface area contributed by atoms with Crippen LogP contribution in [0.15, 0.2) is 18.2 Å². The second-order valence-electron chi connectivity index (χ2n) is 4.63. The van der Waals surface area contributed by atoms with Crippen molar-refractivity contribution in [2.24, 2.45) is 0 Å². The Balaban J connectivity index is 2.36. The van der Waals surface area contributed by atoms with Gasteiger partial charge in [-0.05, 0) is 25.1 Å². The van der Waals surface area contributed by atoms with Gasteiger partial charge in [-0.15, -0.1) is 0 Å². The molecule has 1 aliphatic heterocycles. The average Bonchev–Trinajstić information content (AvgIpc) is 2.74. The van der Waals surface area contributed by atoms with Crippen LogP contribution in [-0.2, 0) is 0 Å².